The zero-order chi connectivity index (χ0) is 27.0. The Balaban J connectivity index is 1.72. The van der Waals surface area contributed by atoms with E-state index in [1.807, 2.05) is 32.9 Å². The third-order valence-electron chi connectivity index (χ3n) is 6.63. The van der Waals surface area contributed by atoms with E-state index >= 15 is 4.39 Å². The van der Waals surface area contributed by atoms with Gasteiger partial charge >= 0.3 is 0 Å². The van der Waals surface area contributed by atoms with Crippen molar-refractivity contribution in [2.75, 3.05) is 19.7 Å². The van der Waals surface area contributed by atoms with Gasteiger partial charge in [-0.15, -0.1) is 5.10 Å². The van der Waals surface area contributed by atoms with Gasteiger partial charge in [0.05, 0.1) is 53.5 Å². The zero-order valence-electron chi connectivity index (χ0n) is 22.4. The second-order valence-electron chi connectivity index (χ2n) is 9.84. The van der Waals surface area contributed by atoms with Crippen molar-refractivity contribution in [3.05, 3.63) is 41.1 Å². The highest BCUT2D eigenvalue weighted by Crippen LogP contribution is 2.36. The van der Waals surface area contributed by atoms with Gasteiger partial charge in [0.2, 0.25) is 11.8 Å². The van der Waals surface area contributed by atoms with E-state index in [4.69, 9.17) is 14.6 Å². The Hall–Kier alpha value is -3.70. The van der Waals surface area contributed by atoms with E-state index in [2.05, 4.69) is 27.1 Å². The van der Waals surface area contributed by atoms with E-state index in [-0.39, 0.29) is 24.6 Å². The van der Waals surface area contributed by atoms with Gasteiger partial charge in [-0.3, -0.25) is 14.7 Å². The largest absolute Gasteiger partial charge is 0.473 e. The van der Waals surface area contributed by atoms with Gasteiger partial charge in [0, 0.05) is 37.2 Å². The Labute approximate surface area is 220 Å². The number of hydrogen-bond acceptors (Lipinski definition) is 7. The molecule has 2 N–H and O–H groups in total. The fourth-order valence-corrected chi connectivity index (χ4v) is 4.82. The molecule has 4 heterocycles. The number of aliphatic hydroxyl groups excluding tert-OH is 1. The smallest absolute Gasteiger partial charge is 0.240 e. The van der Waals surface area contributed by atoms with Crippen LogP contribution in [0.4, 0.5) is 4.39 Å². The van der Waals surface area contributed by atoms with Gasteiger partial charge in [0.1, 0.15) is 11.9 Å². The molecule has 0 spiro atoms. The molecule has 202 valence electrons. The number of fused-ring (bicyclic) bond motifs is 4. The lowest BCUT2D eigenvalue weighted by Gasteiger charge is -2.25. The molecule has 3 aromatic heterocycles. The number of rotatable bonds is 5. The van der Waals surface area contributed by atoms with Gasteiger partial charge in [0.15, 0.2) is 0 Å². The molecule has 0 amide bonds. The normalized spacial score (nSPS) is 17.2. The predicted octanol–water partition coefficient (Wildman–Crippen LogP) is 3.85. The summed E-state index contributed by atoms with van der Waals surface area (Å²) in [5, 5.41) is 27.0. The Morgan fingerprint density at radius 3 is 2.82 bits per heavy atom. The fraction of sp³-hybridized carbons (Fsp3) is 0.444. The number of ether oxygens (including phenoxy) is 2. The van der Waals surface area contributed by atoms with E-state index < -0.39 is 0 Å². The molecule has 0 saturated heterocycles. The first kappa shape index (κ1) is 25.9. The Morgan fingerprint density at radius 1 is 1.26 bits per heavy atom. The molecular formula is C27H34FN7O3. The summed E-state index contributed by atoms with van der Waals surface area (Å²) < 4.78 is 31.2. The average Bonchev–Trinajstić information content (AvgIpc) is 3.52. The summed E-state index contributed by atoms with van der Waals surface area (Å²) in [5.41, 5.74) is 3.96. The van der Waals surface area contributed by atoms with Crippen molar-refractivity contribution in [3.63, 3.8) is 0 Å². The number of aromatic nitrogens is 6. The van der Waals surface area contributed by atoms with Gasteiger partial charge < -0.3 is 14.6 Å². The first-order chi connectivity index (χ1) is 18.3. The van der Waals surface area contributed by atoms with E-state index in [0.29, 0.717) is 53.7 Å². The Morgan fingerprint density at radius 2 is 2.08 bits per heavy atom. The van der Waals surface area contributed by atoms with Gasteiger partial charge in [-0.1, -0.05) is 6.92 Å². The minimum atomic E-state index is -0.387. The standard InChI is InChI=1S/C27H34FN7O3/c1-6-34-14-17(4)38-27-21(13-29-33(27)5)19-11-20-23(30-31-24(20)12-22(19)28)8-7-18-25(15-34)35(9-10-36)32-26(18)37-16(2)3/h7-8,11-13,16-17,36H,6,9-10,14-15H2,1-5H3,(H,30,31)/b8-7+/t17-/m0/s1. The van der Waals surface area contributed by atoms with Crippen molar-refractivity contribution < 1.29 is 19.0 Å². The van der Waals surface area contributed by atoms with Crippen LogP contribution in [0.5, 0.6) is 11.8 Å². The second-order valence-corrected chi connectivity index (χ2v) is 9.84. The number of likely N-dealkylation sites (N-methyl/N-ethyl adjacent to an activating group) is 1. The van der Waals surface area contributed by atoms with Crippen molar-refractivity contribution in [2.45, 2.75) is 53.0 Å². The highest BCUT2D eigenvalue weighted by molar-refractivity contribution is 5.93. The molecule has 0 aliphatic carbocycles. The first-order valence-corrected chi connectivity index (χ1v) is 12.9. The second kappa shape index (κ2) is 10.6. The van der Waals surface area contributed by atoms with Crippen LogP contribution in [-0.4, -0.2) is 71.7 Å². The van der Waals surface area contributed by atoms with Crippen LogP contribution in [-0.2, 0) is 20.1 Å². The summed E-state index contributed by atoms with van der Waals surface area (Å²) in [6.07, 6.45) is 5.16. The molecule has 5 rings (SSSR count). The number of benzene rings is 1. The maximum atomic E-state index is 15.3. The van der Waals surface area contributed by atoms with Gasteiger partial charge in [-0.2, -0.15) is 10.2 Å². The van der Waals surface area contributed by atoms with Crippen LogP contribution >= 0.6 is 0 Å². The summed E-state index contributed by atoms with van der Waals surface area (Å²) in [4.78, 5) is 2.25. The van der Waals surface area contributed by atoms with Crippen LogP contribution in [0, 0.1) is 5.82 Å². The number of halogens is 1. The topological polar surface area (TPSA) is 106 Å². The zero-order valence-corrected chi connectivity index (χ0v) is 22.4. The molecule has 2 bridgehead atoms. The number of H-pyrrole nitrogens is 1. The van der Waals surface area contributed by atoms with Crippen LogP contribution in [0.25, 0.3) is 34.2 Å². The van der Waals surface area contributed by atoms with Crippen molar-refractivity contribution in [1.29, 1.82) is 0 Å². The predicted molar refractivity (Wildman–Crippen MR) is 143 cm³/mol. The minimum Gasteiger partial charge on any atom is -0.473 e. The molecule has 38 heavy (non-hydrogen) atoms. The van der Waals surface area contributed by atoms with E-state index in [0.717, 1.165) is 23.2 Å². The highest BCUT2D eigenvalue weighted by Gasteiger charge is 2.24. The monoisotopic (exact) mass is 523 g/mol. The molecule has 1 aliphatic heterocycles. The van der Waals surface area contributed by atoms with Crippen molar-refractivity contribution in [2.24, 2.45) is 7.05 Å². The third kappa shape index (κ3) is 4.91. The van der Waals surface area contributed by atoms with Gasteiger partial charge in [0.25, 0.3) is 0 Å². The SMILES string of the molecule is CCN1Cc2c(c(OC(C)C)nn2CCO)/C=C/c2n[nH]c3cc(F)c(cc23)-c2cnn(C)c2O[C@@H](C)C1. The number of nitrogens with zero attached hydrogens (tertiary/aromatic N) is 6. The van der Waals surface area contributed by atoms with Crippen molar-refractivity contribution >= 4 is 23.1 Å². The summed E-state index contributed by atoms with van der Waals surface area (Å²) in [7, 11) is 1.79. The lowest BCUT2D eigenvalue weighted by molar-refractivity contribution is 0.133. The number of aliphatic hydroxyl groups is 1. The molecular weight excluding hydrogens is 489 g/mol. The Kier molecular flexibility index (Phi) is 7.22. The molecule has 1 aliphatic rings. The molecule has 1 aromatic carbocycles. The summed E-state index contributed by atoms with van der Waals surface area (Å²) in [6.45, 7) is 10.2. The van der Waals surface area contributed by atoms with Gasteiger partial charge in [-0.05, 0) is 45.5 Å². The molecule has 0 radical (unpaired) electrons. The van der Waals surface area contributed by atoms with Crippen LogP contribution in [0.2, 0.25) is 0 Å². The van der Waals surface area contributed by atoms with E-state index in [1.54, 1.807) is 28.7 Å². The van der Waals surface area contributed by atoms with Crippen molar-refractivity contribution in [3.8, 4) is 22.9 Å². The van der Waals surface area contributed by atoms with Crippen LogP contribution in [0.3, 0.4) is 0 Å². The lowest BCUT2D eigenvalue weighted by Crippen LogP contribution is -2.34. The molecule has 10 nitrogen and oxygen atoms in total. The quantitative estimate of drug-likeness (QED) is 0.409. The third-order valence-corrected chi connectivity index (χ3v) is 6.63. The number of aryl methyl sites for hydroxylation is 1. The number of aromatic amines is 1. The lowest BCUT2D eigenvalue weighted by atomic mass is 10.0. The molecule has 0 saturated carbocycles. The number of hydrogen-bond donors (Lipinski definition) is 2. The number of nitrogens with one attached hydrogen (secondary N) is 1. The summed E-state index contributed by atoms with van der Waals surface area (Å²) in [6, 6.07) is 3.23. The maximum Gasteiger partial charge on any atom is 0.240 e. The molecule has 4 aromatic rings. The maximum absolute atomic E-state index is 15.3. The highest BCUT2D eigenvalue weighted by atomic mass is 19.1. The molecule has 11 heteroatoms. The molecule has 1 atom stereocenters. The Bertz CT molecular complexity index is 1470. The molecule has 0 fully saturated rings. The average molecular weight is 524 g/mol. The minimum absolute atomic E-state index is 0.0494. The van der Waals surface area contributed by atoms with Gasteiger partial charge in [-0.25, -0.2) is 9.07 Å². The van der Waals surface area contributed by atoms with E-state index in [1.165, 1.54) is 6.07 Å². The first-order valence-electron chi connectivity index (χ1n) is 12.9. The molecule has 0 unspecified atom stereocenters. The van der Waals surface area contributed by atoms with Crippen LogP contribution in [0.15, 0.2) is 18.3 Å². The summed E-state index contributed by atoms with van der Waals surface area (Å²) in [5.74, 6) is 0.609. The van der Waals surface area contributed by atoms with E-state index in [9.17, 15) is 5.11 Å². The van der Waals surface area contributed by atoms with Crippen LogP contribution < -0.4 is 9.47 Å². The summed E-state index contributed by atoms with van der Waals surface area (Å²) >= 11 is 0. The van der Waals surface area contributed by atoms with Crippen molar-refractivity contribution in [1.82, 2.24) is 34.7 Å². The van der Waals surface area contributed by atoms with Crippen LogP contribution in [0.1, 0.15) is 44.6 Å². The fourth-order valence-electron chi connectivity index (χ4n) is 4.82.